The summed E-state index contributed by atoms with van der Waals surface area (Å²) in [7, 11) is 3.56. The van der Waals surface area contributed by atoms with Crippen molar-refractivity contribution in [2.45, 2.75) is 25.8 Å². The third kappa shape index (κ3) is 9.26. The van der Waals surface area contributed by atoms with Gasteiger partial charge in [0.1, 0.15) is 6.04 Å². The van der Waals surface area contributed by atoms with Crippen molar-refractivity contribution in [3.8, 4) is 0 Å². The Bertz CT molecular complexity index is 274. The second-order valence-corrected chi connectivity index (χ2v) is 4.38. The van der Waals surface area contributed by atoms with E-state index in [2.05, 4.69) is 10.6 Å². The zero-order valence-corrected chi connectivity index (χ0v) is 11.9. The average Bonchev–Trinajstić information content (AvgIpc) is 2.35. The van der Waals surface area contributed by atoms with Crippen LogP contribution in [0.15, 0.2) is 0 Å². The van der Waals surface area contributed by atoms with E-state index in [1.165, 1.54) is 0 Å². The van der Waals surface area contributed by atoms with Crippen LogP contribution in [0, 0.1) is 0 Å². The number of likely N-dealkylation sites (N-methyl/N-ethyl adjacent to an activating group) is 1. The first-order valence-corrected chi connectivity index (χ1v) is 6.45. The first-order valence-electron chi connectivity index (χ1n) is 6.45. The monoisotopic (exact) mass is 275 g/mol. The fourth-order valence-corrected chi connectivity index (χ4v) is 1.47. The minimum atomic E-state index is -1.01. The summed E-state index contributed by atoms with van der Waals surface area (Å²) in [5.74, 6) is -1.01. The van der Waals surface area contributed by atoms with Crippen LogP contribution in [0.4, 0.5) is 4.79 Å². The SMILES string of the molecule is CCC[C@@H](NC(=O)NCCN(C)CCOC)C(=O)O. The van der Waals surface area contributed by atoms with Gasteiger partial charge in [0.15, 0.2) is 0 Å². The molecule has 0 spiro atoms. The number of carboxylic acid groups (broad SMARTS) is 1. The van der Waals surface area contributed by atoms with E-state index in [9.17, 15) is 9.59 Å². The largest absolute Gasteiger partial charge is 0.480 e. The second-order valence-electron chi connectivity index (χ2n) is 4.38. The number of hydrogen-bond acceptors (Lipinski definition) is 4. The Balaban J connectivity index is 3.82. The maximum absolute atomic E-state index is 11.5. The van der Waals surface area contributed by atoms with Gasteiger partial charge in [0.05, 0.1) is 6.61 Å². The summed E-state index contributed by atoms with van der Waals surface area (Å²) < 4.78 is 4.94. The third-order valence-corrected chi connectivity index (χ3v) is 2.64. The number of nitrogens with zero attached hydrogens (tertiary/aromatic N) is 1. The number of carbonyl (C=O) groups is 2. The van der Waals surface area contributed by atoms with E-state index in [1.807, 2.05) is 18.9 Å². The number of carboxylic acids is 1. The number of nitrogens with one attached hydrogen (secondary N) is 2. The van der Waals surface area contributed by atoms with Gasteiger partial charge in [-0.05, 0) is 13.5 Å². The molecule has 0 heterocycles. The molecule has 0 aromatic heterocycles. The summed E-state index contributed by atoms with van der Waals surface area (Å²) in [6.45, 7) is 4.45. The Hall–Kier alpha value is -1.34. The molecule has 0 unspecified atom stereocenters. The van der Waals surface area contributed by atoms with E-state index in [4.69, 9.17) is 9.84 Å². The molecular formula is C12H25N3O4. The lowest BCUT2D eigenvalue weighted by atomic mass is 10.2. The first-order chi connectivity index (χ1) is 9.01. The van der Waals surface area contributed by atoms with Crippen LogP contribution in [0.25, 0.3) is 0 Å². The molecule has 0 aromatic rings. The summed E-state index contributed by atoms with van der Waals surface area (Å²) in [6.07, 6.45) is 1.13. The van der Waals surface area contributed by atoms with Gasteiger partial charge in [0, 0.05) is 26.7 Å². The lowest BCUT2D eigenvalue weighted by molar-refractivity contribution is -0.139. The Morgan fingerprint density at radius 1 is 1.37 bits per heavy atom. The van der Waals surface area contributed by atoms with Crippen LogP contribution in [0.5, 0.6) is 0 Å². The van der Waals surface area contributed by atoms with Gasteiger partial charge in [0.2, 0.25) is 0 Å². The van der Waals surface area contributed by atoms with Crippen LogP contribution in [-0.4, -0.2) is 68.4 Å². The lowest BCUT2D eigenvalue weighted by Crippen LogP contribution is -2.47. The van der Waals surface area contributed by atoms with Gasteiger partial charge >= 0.3 is 12.0 Å². The summed E-state index contributed by atoms with van der Waals surface area (Å²) in [6, 6.07) is -1.27. The number of carbonyl (C=O) groups excluding carboxylic acids is 1. The van der Waals surface area contributed by atoms with Crippen molar-refractivity contribution < 1.29 is 19.4 Å². The molecule has 0 radical (unpaired) electrons. The normalized spacial score (nSPS) is 12.2. The molecule has 0 aliphatic rings. The Morgan fingerprint density at radius 3 is 2.58 bits per heavy atom. The van der Waals surface area contributed by atoms with Crippen LogP contribution < -0.4 is 10.6 Å². The number of hydrogen-bond donors (Lipinski definition) is 3. The molecule has 0 saturated carbocycles. The van der Waals surface area contributed by atoms with Gasteiger partial charge in [-0.1, -0.05) is 13.3 Å². The van der Waals surface area contributed by atoms with Gasteiger partial charge in [-0.3, -0.25) is 0 Å². The van der Waals surface area contributed by atoms with Crippen molar-refractivity contribution in [2.24, 2.45) is 0 Å². The second kappa shape index (κ2) is 10.6. The van der Waals surface area contributed by atoms with Crippen molar-refractivity contribution in [1.29, 1.82) is 0 Å². The van der Waals surface area contributed by atoms with E-state index < -0.39 is 18.0 Å². The highest BCUT2D eigenvalue weighted by Gasteiger charge is 2.18. The van der Waals surface area contributed by atoms with Crippen LogP contribution >= 0.6 is 0 Å². The topological polar surface area (TPSA) is 90.9 Å². The van der Waals surface area contributed by atoms with E-state index in [-0.39, 0.29) is 0 Å². The van der Waals surface area contributed by atoms with Crippen molar-refractivity contribution in [3.05, 3.63) is 0 Å². The van der Waals surface area contributed by atoms with Crippen molar-refractivity contribution in [2.75, 3.05) is 40.4 Å². The molecule has 0 saturated heterocycles. The molecule has 0 aliphatic carbocycles. The van der Waals surface area contributed by atoms with E-state index in [1.54, 1.807) is 7.11 Å². The molecule has 112 valence electrons. The van der Waals surface area contributed by atoms with Crippen LogP contribution in [-0.2, 0) is 9.53 Å². The highest BCUT2D eigenvalue weighted by Crippen LogP contribution is 1.96. The predicted octanol–water partition coefficient (Wildman–Crippen LogP) is 0.117. The van der Waals surface area contributed by atoms with Gasteiger partial charge in [0.25, 0.3) is 0 Å². The van der Waals surface area contributed by atoms with Crippen LogP contribution in [0.2, 0.25) is 0 Å². The minimum absolute atomic E-state index is 0.427. The number of aliphatic carboxylic acids is 1. The molecule has 0 aliphatic heterocycles. The molecule has 0 bridgehead atoms. The van der Waals surface area contributed by atoms with Gasteiger partial charge in [-0.2, -0.15) is 0 Å². The smallest absolute Gasteiger partial charge is 0.326 e. The molecule has 19 heavy (non-hydrogen) atoms. The van der Waals surface area contributed by atoms with Crippen molar-refractivity contribution in [3.63, 3.8) is 0 Å². The van der Waals surface area contributed by atoms with Gasteiger partial charge in [-0.15, -0.1) is 0 Å². The predicted molar refractivity (Wildman–Crippen MR) is 72.2 cm³/mol. The van der Waals surface area contributed by atoms with E-state index in [0.29, 0.717) is 32.5 Å². The number of rotatable bonds is 10. The fraction of sp³-hybridized carbons (Fsp3) is 0.833. The Labute approximate surface area is 114 Å². The molecule has 0 rings (SSSR count). The molecule has 7 nitrogen and oxygen atoms in total. The quantitative estimate of drug-likeness (QED) is 0.527. The average molecular weight is 275 g/mol. The molecule has 1 atom stereocenters. The Morgan fingerprint density at radius 2 is 2.05 bits per heavy atom. The minimum Gasteiger partial charge on any atom is -0.480 e. The fourth-order valence-electron chi connectivity index (χ4n) is 1.47. The highest BCUT2D eigenvalue weighted by molar-refractivity contribution is 5.82. The molecule has 7 heteroatoms. The van der Waals surface area contributed by atoms with Crippen LogP contribution in [0.1, 0.15) is 19.8 Å². The maximum Gasteiger partial charge on any atom is 0.326 e. The number of amides is 2. The van der Waals surface area contributed by atoms with Crippen molar-refractivity contribution in [1.82, 2.24) is 15.5 Å². The molecule has 0 fully saturated rings. The number of ether oxygens (including phenoxy) is 1. The summed E-state index contributed by atoms with van der Waals surface area (Å²) in [5.41, 5.74) is 0. The summed E-state index contributed by atoms with van der Waals surface area (Å²) >= 11 is 0. The van der Waals surface area contributed by atoms with Gasteiger partial charge in [-0.25, -0.2) is 9.59 Å². The maximum atomic E-state index is 11.5. The standard InChI is InChI=1S/C12H25N3O4/c1-4-5-10(11(16)17)14-12(18)13-6-7-15(2)8-9-19-3/h10H,4-9H2,1-3H3,(H,16,17)(H2,13,14,18)/t10-/m1/s1. The van der Waals surface area contributed by atoms with Crippen LogP contribution in [0.3, 0.4) is 0 Å². The highest BCUT2D eigenvalue weighted by atomic mass is 16.5. The molecule has 3 N–H and O–H groups in total. The molecule has 2 amide bonds. The lowest BCUT2D eigenvalue weighted by Gasteiger charge is -2.17. The third-order valence-electron chi connectivity index (χ3n) is 2.64. The summed E-state index contributed by atoms with van der Waals surface area (Å²) in [5, 5.41) is 14.0. The number of methoxy groups -OCH3 is 1. The van der Waals surface area contributed by atoms with Crippen molar-refractivity contribution >= 4 is 12.0 Å². The van der Waals surface area contributed by atoms with Gasteiger partial charge < -0.3 is 25.4 Å². The molecular weight excluding hydrogens is 250 g/mol. The number of urea groups is 1. The molecule has 0 aromatic carbocycles. The van der Waals surface area contributed by atoms with E-state index >= 15 is 0 Å². The van der Waals surface area contributed by atoms with E-state index in [0.717, 1.165) is 6.54 Å². The zero-order valence-electron chi connectivity index (χ0n) is 11.9. The Kier molecular flexibility index (Phi) is 9.82. The zero-order chi connectivity index (χ0) is 14.7. The first kappa shape index (κ1) is 17.7. The summed E-state index contributed by atoms with van der Waals surface area (Å²) in [4.78, 5) is 24.4.